The van der Waals surface area contributed by atoms with Crippen molar-refractivity contribution in [2.24, 2.45) is 0 Å². The SMILES string of the molecule is CCCCCCCCCCCC/C=C\CCCCCCCCC(O)C(=O)NC(COC1OC(CO)C(O)C(OS(=O)(=O)O)C1O)C(O)CCCCCCCCCCCCCC. The Kier molecular flexibility index (Phi) is 36.1. The van der Waals surface area contributed by atoms with Crippen LogP contribution in [0.2, 0.25) is 0 Å². The summed E-state index contributed by atoms with van der Waals surface area (Å²) in [7, 11) is -5.11. The van der Waals surface area contributed by atoms with E-state index in [0.717, 1.165) is 57.8 Å². The van der Waals surface area contributed by atoms with Gasteiger partial charge in [0.15, 0.2) is 6.29 Å². The topological polar surface area (TPSA) is 212 Å². The summed E-state index contributed by atoms with van der Waals surface area (Å²) < 4.78 is 47.6. The second-order valence-corrected chi connectivity index (χ2v) is 18.6. The molecule has 1 aliphatic rings. The molecule has 362 valence electrons. The van der Waals surface area contributed by atoms with Crippen molar-refractivity contribution < 1.29 is 57.0 Å². The monoisotopic (exact) mass is 894 g/mol. The fraction of sp³-hybridized carbons (Fsp3) is 0.936. The van der Waals surface area contributed by atoms with Gasteiger partial charge in [0, 0.05) is 0 Å². The predicted molar refractivity (Wildman–Crippen MR) is 242 cm³/mol. The third-order valence-electron chi connectivity index (χ3n) is 11.9. The van der Waals surface area contributed by atoms with Gasteiger partial charge < -0.3 is 40.3 Å². The molecule has 0 radical (unpaired) electrons. The van der Waals surface area contributed by atoms with Crippen molar-refractivity contribution in [3.63, 3.8) is 0 Å². The number of hydrogen-bond donors (Lipinski definition) is 7. The minimum absolute atomic E-state index is 0.255. The first-order valence-corrected chi connectivity index (χ1v) is 26.0. The average molecular weight is 894 g/mol. The maximum absolute atomic E-state index is 13.1. The molecule has 61 heavy (non-hydrogen) atoms. The summed E-state index contributed by atoms with van der Waals surface area (Å²) in [5, 5.41) is 55.4. The van der Waals surface area contributed by atoms with Crippen LogP contribution in [-0.2, 0) is 28.9 Å². The first-order chi connectivity index (χ1) is 29.4. The van der Waals surface area contributed by atoms with Crippen LogP contribution >= 0.6 is 0 Å². The van der Waals surface area contributed by atoms with Crippen LogP contribution in [0.15, 0.2) is 12.2 Å². The molecule has 1 amide bonds. The fourth-order valence-corrected chi connectivity index (χ4v) is 8.50. The van der Waals surface area contributed by atoms with E-state index in [2.05, 4.69) is 35.5 Å². The van der Waals surface area contributed by atoms with Crippen molar-refractivity contribution in [1.82, 2.24) is 5.32 Å². The third kappa shape index (κ3) is 30.6. The molecule has 8 atom stereocenters. The van der Waals surface area contributed by atoms with Crippen LogP contribution in [0.4, 0.5) is 0 Å². The van der Waals surface area contributed by atoms with Gasteiger partial charge in [0.1, 0.15) is 30.5 Å². The molecule has 1 heterocycles. The lowest BCUT2D eigenvalue weighted by Gasteiger charge is -2.41. The Morgan fingerprint density at radius 2 is 1.05 bits per heavy atom. The molecular weight excluding hydrogens is 803 g/mol. The molecule has 0 aromatic heterocycles. The van der Waals surface area contributed by atoms with Crippen molar-refractivity contribution in [2.75, 3.05) is 13.2 Å². The number of aliphatic hydroxyl groups is 5. The number of carbonyl (C=O) groups excluding carboxylic acids is 1. The van der Waals surface area contributed by atoms with E-state index in [4.69, 9.17) is 9.47 Å². The summed E-state index contributed by atoms with van der Waals surface area (Å²) in [5.41, 5.74) is 0. The number of allylic oxidation sites excluding steroid dienone is 2. The van der Waals surface area contributed by atoms with E-state index in [0.29, 0.717) is 19.3 Å². The normalized spacial score (nSPS) is 21.2. The highest BCUT2D eigenvalue weighted by atomic mass is 32.3. The lowest BCUT2D eigenvalue weighted by atomic mass is 9.99. The van der Waals surface area contributed by atoms with Gasteiger partial charge in [0.25, 0.3) is 0 Å². The molecule has 14 heteroatoms. The van der Waals surface area contributed by atoms with E-state index in [1.165, 1.54) is 122 Å². The molecule has 7 N–H and O–H groups in total. The molecule has 0 aliphatic carbocycles. The van der Waals surface area contributed by atoms with Gasteiger partial charge in [-0.25, -0.2) is 4.18 Å². The zero-order valence-corrected chi connectivity index (χ0v) is 39.2. The molecule has 1 saturated heterocycles. The van der Waals surface area contributed by atoms with E-state index in [9.17, 15) is 43.3 Å². The highest BCUT2D eigenvalue weighted by Crippen LogP contribution is 2.26. The molecule has 0 aromatic carbocycles. The van der Waals surface area contributed by atoms with Crippen molar-refractivity contribution in [2.45, 2.75) is 268 Å². The number of rotatable bonds is 42. The molecule has 1 aliphatic heterocycles. The largest absolute Gasteiger partial charge is 0.397 e. The first kappa shape index (κ1) is 57.8. The lowest BCUT2D eigenvalue weighted by molar-refractivity contribution is -0.298. The number of aliphatic hydroxyl groups excluding tert-OH is 5. The van der Waals surface area contributed by atoms with Crippen molar-refractivity contribution in [1.29, 1.82) is 0 Å². The highest BCUT2D eigenvalue weighted by Gasteiger charge is 2.48. The molecule has 1 rings (SSSR count). The summed E-state index contributed by atoms with van der Waals surface area (Å²) in [6, 6.07) is -1.03. The van der Waals surface area contributed by atoms with E-state index in [-0.39, 0.29) is 6.42 Å². The summed E-state index contributed by atoms with van der Waals surface area (Å²) in [5.74, 6) is -0.673. The van der Waals surface area contributed by atoms with Gasteiger partial charge in [0.05, 0.1) is 25.4 Å². The van der Waals surface area contributed by atoms with Gasteiger partial charge in [-0.05, 0) is 38.5 Å². The Bertz CT molecular complexity index is 1160. The molecule has 0 aromatic rings. The maximum Gasteiger partial charge on any atom is 0.397 e. The summed E-state index contributed by atoms with van der Waals surface area (Å²) in [6.07, 6.45) is 29.7. The van der Waals surface area contributed by atoms with Crippen LogP contribution < -0.4 is 5.32 Å². The van der Waals surface area contributed by atoms with Gasteiger partial charge in [-0.3, -0.25) is 9.35 Å². The summed E-state index contributed by atoms with van der Waals surface area (Å²) >= 11 is 0. The van der Waals surface area contributed by atoms with Gasteiger partial charge >= 0.3 is 10.4 Å². The molecule has 0 bridgehead atoms. The Morgan fingerprint density at radius 3 is 1.48 bits per heavy atom. The molecule has 1 fully saturated rings. The third-order valence-corrected chi connectivity index (χ3v) is 12.4. The van der Waals surface area contributed by atoms with Gasteiger partial charge in [0.2, 0.25) is 5.91 Å². The molecule has 8 unspecified atom stereocenters. The van der Waals surface area contributed by atoms with Crippen LogP contribution in [0, 0.1) is 0 Å². The summed E-state index contributed by atoms with van der Waals surface area (Å²) in [4.78, 5) is 13.1. The molecular formula is C47H91NO12S. The number of unbranched alkanes of at least 4 members (excludes halogenated alkanes) is 27. The lowest BCUT2D eigenvalue weighted by Crippen LogP contribution is -2.61. The molecule has 0 saturated carbocycles. The van der Waals surface area contributed by atoms with Crippen molar-refractivity contribution in [3.8, 4) is 0 Å². The molecule has 13 nitrogen and oxygen atoms in total. The van der Waals surface area contributed by atoms with E-state index < -0.39 is 78.5 Å². The number of amides is 1. The minimum atomic E-state index is -5.11. The van der Waals surface area contributed by atoms with Crippen molar-refractivity contribution in [3.05, 3.63) is 12.2 Å². The number of carbonyl (C=O) groups is 1. The Morgan fingerprint density at radius 1 is 0.639 bits per heavy atom. The van der Waals surface area contributed by atoms with Crippen LogP contribution in [-0.4, -0.2) is 107 Å². The molecule has 0 spiro atoms. The van der Waals surface area contributed by atoms with Gasteiger partial charge in [-0.15, -0.1) is 0 Å². The van der Waals surface area contributed by atoms with E-state index in [1.807, 2.05) is 0 Å². The van der Waals surface area contributed by atoms with E-state index >= 15 is 0 Å². The zero-order chi connectivity index (χ0) is 45.0. The smallest absolute Gasteiger partial charge is 0.394 e. The highest BCUT2D eigenvalue weighted by molar-refractivity contribution is 7.80. The Hall–Kier alpha value is -1.20. The number of hydrogen-bond acceptors (Lipinski definition) is 11. The maximum atomic E-state index is 13.1. The Labute approximate surface area is 371 Å². The van der Waals surface area contributed by atoms with Gasteiger partial charge in [-0.1, -0.05) is 193 Å². The van der Waals surface area contributed by atoms with Crippen molar-refractivity contribution >= 4 is 16.3 Å². The quantitative estimate of drug-likeness (QED) is 0.0174. The minimum Gasteiger partial charge on any atom is -0.394 e. The summed E-state index contributed by atoms with van der Waals surface area (Å²) in [6.45, 7) is 3.28. The van der Waals surface area contributed by atoms with Crippen LogP contribution in [0.3, 0.4) is 0 Å². The fourth-order valence-electron chi connectivity index (χ4n) is 7.99. The number of nitrogens with one attached hydrogen (secondary N) is 1. The van der Waals surface area contributed by atoms with Crippen LogP contribution in [0.1, 0.15) is 219 Å². The number of ether oxygens (including phenoxy) is 2. The standard InChI is InChI=1S/C47H91NO12S/c1-3-5-7-9-11-13-15-17-18-19-20-21-22-23-24-26-28-30-32-34-36-41(51)46(54)48-39(40(50)35-33-31-29-27-25-16-14-12-10-8-6-4-2)38-58-47-44(53)45(60-61(55,56)57)43(52)42(37-49)59-47/h21-22,39-45,47,49-53H,3-20,23-38H2,1-2H3,(H,48,54)(H,55,56,57)/b22-21-. The second kappa shape index (κ2) is 38.1. The average Bonchev–Trinajstić information content (AvgIpc) is 3.23. The Balaban J connectivity index is 2.48. The van der Waals surface area contributed by atoms with E-state index in [1.54, 1.807) is 0 Å². The van der Waals surface area contributed by atoms with Crippen LogP contribution in [0.25, 0.3) is 0 Å². The first-order valence-electron chi connectivity index (χ1n) is 24.7. The van der Waals surface area contributed by atoms with Crippen LogP contribution in [0.5, 0.6) is 0 Å². The predicted octanol–water partition coefficient (Wildman–Crippen LogP) is 8.92. The second-order valence-electron chi connectivity index (χ2n) is 17.5. The zero-order valence-electron chi connectivity index (χ0n) is 38.4. The van der Waals surface area contributed by atoms with Gasteiger partial charge in [-0.2, -0.15) is 8.42 Å².